The first-order valence-corrected chi connectivity index (χ1v) is 4.95. The molecule has 0 atom stereocenters. The SMILES string of the molecule is [NH]c1ccc(OCCCBr)cc1. The molecule has 0 bridgehead atoms. The number of hydrogen-bond acceptors (Lipinski definition) is 1. The van der Waals surface area contributed by atoms with Crippen LogP contribution < -0.4 is 10.5 Å². The molecule has 0 aliphatic rings. The minimum Gasteiger partial charge on any atom is -0.494 e. The van der Waals surface area contributed by atoms with Gasteiger partial charge in [0.15, 0.2) is 0 Å². The van der Waals surface area contributed by atoms with E-state index >= 15 is 0 Å². The molecule has 0 unspecified atom stereocenters. The molecule has 0 amide bonds. The van der Waals surface area contributed by atoms with Gasteiger partial charge in [-0.2, -0.15) is 0 Å². The zero-order valence-electron chi connectivity index (χ0n) is 6.72. The third-order valence-electron chi connectivity index (χ3n) is 1.40. The Kier molecular flexibility index (Phi) is 3.94. The molecule has 1 rings (SSSR count). The van der Waals surface area contributed by atoms with Crippen LogP contribution in [0.25, 0.3) is 0 Å². The Morgan fingerprint density at radius 2 is 1.92 bits per heavy atom. The molecule has 0 heterocycles. The van der Waals surface area contributed by atoms with Crippen molar-refractivity contribution < 1.29 is 4.74 Å². The van der Waals surface area contributed by atoms with Gasteiger partial charge < -0.3 is 10.5 Å². The first kappa shape index (κ1) is 9.39. The highest BCUT2D eigenvalue weighted by Crippen LogP contribution is 2.13. The molecule has 3 heteroatoms. The van der Waals surface area contributed by atoms with Crippen LogP contribution in [-0.4, -0.2) is 11.9 Å². The Morgan fingerprint density at radius 3 is 2.50 bits per heavy atom. The van der Waals surface area contributed by atoms with E-state index in [4.69, 9.17) is 10.5 Å². The smallest absolute Gasteiger partial charge is 0.119 e. The van der Waals surface area contributed by atoms with Crippen molar-refractivity contribution in [3.05, 3.63) is 24.3 Å². The second-order valence-corrected chi connectivity index (χ2v) is 3.21. The van der Waals surface area contributed by atoms with Crippen LogP contribution in [0.1, 0.15) is 6.42 Å². The van der Waals surface area contributed by atoms with E-state index < -0.39 is 0 Å². The summed E-state index contributed by atoms with van der Waals surface area (Å²) in [5.41, 5.74) is 7.76. The zero-order chi connectivity index (χ0) is 8.81. The lowest BCUT2D eigenvalue weighted by Gasteiger charge is -2.03. The van der Waals surface area contributed by atoms with Crippen LogP contribution in [0.2, 0.25) is 0 Å². The van der Waals surface area contributed by atoms with Crippen LogP contribution >= 0.6 is 15.9 Å². The minimum atomic E-state index is 0.517. The fourth-order valence-corrected chi connectivity index (χ4v) is 1.02. The zero-order valence-corrected chi connectivity index (χ0v) is 8.30. The third-order valence-corrected chi connectivity index (χ3v) is 1.96. The van der Waals surface area contributed by atoms with E-state index in [2.05, 4.69) is 15.9 Å². The molecule has 0 saturated carbocycles. The molecule has 1 aromatic carbocycles. The molecule has 1 N–H and O–H groups in total. The summed E-state index contributed by atoms with van der Waals surface area (Å²) in [5.74, 6) is 0.840. The van der Waals surface area contributed by atoms with Crippen molar-refractivity contribution in [1.82, 2.24) is 5.73 Å². The molecule has 0 saturated heterocycles. The first-order chi connectivity index (χ1) is 5.83. The maximum Gasteiger partial charge on any atom is 0.119 e. The lowest BCUT2D eigenvalue weighted by molar-refractivity contribution is 0.319. The second kappa shape index (κ2) is 5.04. The van der Waals surface area contributed by atoms with E-state index in [1.54, 1.807) is 12.1 Å². The minimum absolute atomic E-state index is 0.517. The van der Waals surface area contributed by atoms with E-state index in [1.165, 1.54) is 0 Å². The van der Waals surface area contributed by atoms with Crippen molar-refractivity contribution in [1.29, 1.82) is 0 Å². The quantitative estimate of drug-likeness (QED) is 0.577. The lowest BCUT2D eigenvalue weighted by Crippen LogP contribution is -1.96. The van der Waals surface area contributed by atoms with Gasteiger partial charge in [-0.1, -0.05) is 15.9 Å². The standard InChI is InChI=1S/C9H11BrNO/c10-6-1-7-12-9-4-2-8(11)3-5-9/h2-5,11H,1,6-7H2. The average Bonchev–Trinajstić information content (AvgIpc) is 2.09. The van der Waals surface area contributed by atoms with Crippen LogP contribution in [0.5, 0.6) is 5.75 Å². The summed E-state index contributed by atoms with van der Waals surface area (Å²) in [7, 11) is 0. The maximum atomic E-state index is 7.24. The van der Waals surface area contributed by atoms with E-state index in [1.807, 2.05) is 12.1 Å². The fraction of sp³-hybridized carbons (Fsp3) is 0.333. The van der Waals surface area contributed by atoms with E-state index in [-0.39, 0.29) is 0 Å². The number of ether oxygens (including phenoxy) is 1. The molecule has 12 heavy (non-hydrogen) atoms. The molecule has 0 aromatic heterocycles. The van der Waals surface area contributed by atoms with E-state index in [0.717, 1.165) is 24.1 Å². The van der Waals surface area contributed by atoms with Crippen molar-refractivity contribution in [3.63, 3.8) is 0 Å². The summed E-state index contributed by atoms with van der Waals surface area (Å²) in [6.07, 6.45) is 1.00. The predicted molar refractivity (Wildman–Crippen MR) is 53.1 cm³/mol. The first-order valence-electron chi connectivity index (χ1n) is 3.83. The Morgan fingerprint density at radius 1 is 1.25 bits per heavy atom. The molecular formula is C9H11BrNO. The molecule has 1 radical (unpaired) electrons. The fourth-order valence-electron chi connectivity index (χ4n) is 0.796. The molecule has 0 spiro atoms. The van der Waals surface area contributed by atoms with Gasteiger partial charge in [0.2, 0.25) is 0 Å². The third kappa shape index (κ3) is 3.13. The normalized spacial score (nSPS) is 9.75. The van der Waals surface area contributed by atoms with Crippen LogP contribution in [0.4, 0.5) is 5.69 Å². The number of halogens is 1. The number of rotatable bonds is 4. The molecule has 1 aromatic rings. The van der Waals surface area contributed by atoms with Crippen LogP contribution in [0, 0.1) is 0 Å². The van der Waals surface area contributed by atoms with Gasteiger partial charge in [-0.3, -0.25) is 0 Å². The van der Waals surface area contributed by atoms with Gasteiger partial charge in [-0.15, -0.1) is 0 Å². The molecule has 65 valence electrons. The highest BCUT2D eigenvalue weighted by atomic mass is 79.9. The Balaban J connectivity index is 2.37. The molecule has 2 nitrogen and oxygen atoms in total. The molecule has 0 fully saturated rings. The summed E-state index contributed by atoms with van der Waals surface area (Å²) in [4.78, 5) is 0. The van der Waals surface area contributed by atoms with E-state index in [0.29, 0.717) is 5.69 Å². The maximum absolute atomic E-state index is 7.24. The number of benzene rings is 1. The van der Waals surface area contributed by atoms with Gasteiger partial charge in [0.25, 0.3) is 0 Å². The van der Waals surface area contributed by atoms with Crippen molar-refractivity contribution >= 4 is 21.6 Å². The summed E-state index contributed by atoms with van der Waals surface area (Å²) in [6.45, 7) is 0.725. The Labute approximate surface area is 80.8 Å². The van der Waals surface area contributed by atoms with E-state index in [9.17, 15) is 0 Å². The van der Waals surface area contributed by atoms with Crippen molar-refractivity contribution in [2.75, 3.05) is 11.9 Å². The molecule has 0 aliphatic heterocycles. The predicted octanol–water partition coefficient (Wildman–Crippen LogP) is 2.76. The van der Waals surface area contributed by atoms with Crippen LogP contribution in [-0.2, 0) is 0 Å². The van der Waals surface area contributed by atoms with Gasteiger partial charge >= 0.3 is 0 Å². The average molecular weight is 229 g/mol. The largest absolute Gasteiger partial charge is 0.494 e. The second-order valence-electron chi connectivity index (χ2n) is 2.42. The summed E-state index contributed by atoms with van der Waals surface area (Å²) < 4.78 is 5.39. The Bertz CT molecular complexity index is 222. The van der Waals surface area contributed by atoms with Crippen molar-refractivity contribution in [2.45, 2.75) is 6.42 Å². The molecular weight excluding hydrogens is 218 g/mol. The number of hydrogen-bond donors (Lipinski definition) is 0. The topological polar surface area (TPSA) is 33.0 Å². The van der Waals surface area contributed by atoms with Gasteiger partial charge in [0, 0.05) is 5.33 Å². The summed E-state index contributed by atoms with van der Waals surface area (Å²) in [6, 6.07) is 7.08. The van der Waals surface area contributed by atoms with Gasteiger partial charge in [0.1, 0.15) is 5.75 Å². The highest BCUT2D eigenvalue weighted by molar-refractivity contribution is 9.09. The van der Waals surface area contributed by atoms with Gasteiger partial charge in [-0.05, 0) is 30.7 Å². The highest BCUT2D eigenvalue weighted by Gasteiger charge is 1.91. The number of alkyl halides is 1. The lowest BCUT2D eigenvalue weighted by atomic mass is 10.3. The van der Waals surface area contributed by atoms with Gasteiger partial charge in [-0.25, -0.2) is 0 Å². The van der Waals surface area contributed by atoms with Crippen molar-refractivity contribution in [2.24, 2.45) is 0 Å². The monoisotopic (exact) mass is 228 g/mol. The van der Waals surface area contributed by atoms with Crippen LogP contribution in [0.15, 0.2) is 24.3 Å². The summed E-state index contributed by atoms with van der Waals surface area (Å²) in [5, 5.41) is 0.962. The van der Waals surface area contributed by atoms with Crippen LogP contribution in [0.3, 0.4) is 0 Å². The number of nitrogens with one attached hydrogen (secondary N) is 1. The van der Waals surface area contributed by atoms with Gasteiger partial charge in [0.05, 0.1) is 12.3 Å². The van der Waals surface area contributed by atoms with Crippen molar-refractivity contribution in [3.8, 4) is 5.75 Å². The molecule has 0 aliphatic carbocycles. The Hall–Kier alpha value is -0.700. The summed E-state index contributed by atoms with van der Waals surface area (Å²) >= 11 is 3.32.